The van der Waals surface area contributed by atoms with E-state index in [1.54, 1.807) is 11.3 Å². The van der Waals surface area contributed by atoms with Gasteiger partial charge in [-0.25, -0.2) is 4.39 Å². The summed E-state index contributed by atoms with van der Waals surface area (Å²) in [6, 6.07) is 5.91. The van der Waals surface area contributed by atoms with Crippen LogP contribution in [-0.4, -0.2) is 0 Å². The number of thiophene rings is 1. The summed E-state index contributed by atoms with van der Waals surface area (Å²) in [6.45, 7) is 5.22. The predicted molar refractivity (Wildman–Crippen MR) is 78.4 cm³/mol. The van der Waals surface area contributed by atoms with Crippen molar-refractivity contribution in [1.29, 1.82) is 0 Å². The maximum Gasteiger partial charge on any atom is 0.129 e. The third-order valence-electron chi connectivity index (χ3n) is 2.75. The molecule has 0 bridgehead atoms. The maximum atomic E-state index is 13.5. The Hall–Kier alpha value is -0.710. The van der Waals surface area contributed by atoms with Gasteiger partial charge in [-0.1, -0.05) is 12.1 Å². The van der Waals surface area contributed by atoms with Crippen molar-refractivity contribution in [2.45, 2.75) is 26.9 Å². The van der Waals surface area contributed by atoms with E-state index in [-0.39, 0.29) is 5.82 Å². The third kappa shape index (κ3) is 3.40. The largest absolute Gasteiger partial charge is 0.308 e. The number of rotatable bonds is 4. The van der Waals surface area contributed by atoms with Crippen molar-refractivity contribution in [3.63, 3.8) is 0 Å². The molecule has 1 heterocycles. The molecule has 0 aliphatic rings. The van der Waals surface area contributed by atoms with Crippen LogP contribution in [0.5, 0.6) is 0 Å². The molecule has 0 aliphatic heterocycles. The lowest BCUT2D eigenvalue weighted by molar-refractivity contribution is 0.606. The minimum absolute atomic E-state index is 0.0964. The molecule has 1 aromatic carbocycles. The van der Waals surface area contributed by atoms with Gasteiger partial charge in [0.05, 0.1) is 0 Å². The summed E-state index contributed by atoms with van der Waals surface area (Å²) >= 11 is 5.16. The Morgan fingerprint density at radius 2 is 1.83 bits per heavy atom. The second-order valence-electron chi connectivity index (χ2n) is 4.38. The van der Waals surface area contributed by atoms with Crippen LogP contribution in [0.3, 0.4) is 0 Å². The Bertz CT molecular complexity index is 527. The molecule has 2 aromatic rings. The first-order valence-electron chi connectivity index (χ1n) is 5.75. The number of aryl methyl sites for hydroxylation is 2. The quantitative estimate of drug-likeness (QED) is 0.868. The van der Waals surface area contributed by atoms with E-state index in [9.17, 15) is 4.39 Å². The van der Waals surface area contributed by atoms with Gasteiger partial charge in [0.15, 0.2) is 0 Å². The lowest BCUT2D eigenvalue weighted by Gasteiger charge is -2.07. The van der Waals surface area contributed by atoms with Crippen LogP contribution in [0.15, 0.2) is 28.1 Å². The number of hydrogen-bond acceptors (Lipinski definition) is 2. The first kappa shape index (κ1) is 13.7. The maximum absolute atomic E-state index is 13.5. The molecule has 0 atom stereocenters. The van der Waals surface area contributed by atoms with Crippen molar-refractivity contribution in [2.24, 2.45) is 0 Å². The average Bonchev–Trinajstić information content (AvgIpc) is 2.72. The monoisotopic (exact) mass is 327 g/mol. The molecule has 0 aliphatic carbocycles. The van der Waals surface area contributed by atoms with Crippen LogP contribution >= 0.6 is 27.3 Å². The van der Waals surface area contributed by atoms with E-state index in [1.807, 2.05) is 26.0 Å². The van der Waals surface area contributed by atoms with Gasteiger partial charge < -0.3 is 5.32 Å². The topological polar surface area (TPSA) is 12.0 Å². The van der Waals surface area contributed by atoms with Gasteiger partial charge >= 0.3 is 0 Å². The summed E-state index contributed by atoms with van der Waals surface area (Å²) in [5, 5.41) is 5.44. The summed E-state index contributed by atoms with van der Waals surface area (Å²) in [6.07, 6.45) is 0. The fraction of sp³-hybridized carbons (Fsp3) is 0.286. The third-order valence-corrected chi connectivity index (χ3v) is 4.44. The molecule has 1 aromatic heterocycles. The smallest absolute Gasteiger partial charge is 0.129 e. The molecule has 96 valence electrons. The minimum atomic E-state index is -0.0964. The molecule has 4 heteroatoms. The number of halogens is 2. The molecule has 0 fully saturated rings. The van der Waals surface area contributed by atoms with Gasteiger partial charge in [0, 0.05) is 27.8 Å². The molecular weight excluding hydrogens is 313 g/mol. The molecule has 18 heavy (non-hydrogen) atoms. The molecular formula is C14H15BrFNS. The molecule has 0 radical (unpaired) electrons. The number of hydrogen-bond donors (Lipinski definition) is 1. The van der Waals surface area contributed by atoms with Gasteiger partial charge in [-0.3, -0.25) is 0 Å². The molecule has 1 nitrogen and oxygen atoms in total. The first-order chi connectivity index (χ1) is 8.56. The van der Waals surface area contributed by atoms with Crippen LogP contribution < -0.4 is 5.32 Å². The SMILES string of the molecule is Cc1cc(CNCc2cc(Br)cs2)cc(C)c1F. The lowest BCUT2D eigenvalue weighted by atomic mass is 10.1. The van der Waals surface area contributed by atoms with Gasteiger partial charge in [0.2, 0.25) is 0 Å². The zero-order valence-electron chi connectivity index (χ0n) is 10.4. The molecule has 1 N–H and O–H groups in total. The Labute approximate surface area is 119 Å². The number of nitrogens with one attached hydrogen (secondary N) is 1. The van der Waals surface area contributed by atoms with Crippen molar-refractivity contribution in [1.82, 2.24) is 5.32 Å². The van der Waals surface area contributed by atoms with Crippen molar-refractivity contribution < 1.29 is 4.39 Å². The summed E-state index contributed by atoms with van der Waals surface area (Å²) < 4.78 is 14.6. The van der Waals surface area contributed by atoms with Crippen LogP contribution in [0.4, 0.5) is 4.39 Å². The zero-order valence-corrected chi connectivity index (χ0v) is 12.8. The fourth-order valence-electron chi connectivity index (χ4n) is 1.91. The normalized spacial score (nSPS) is 10.9. The van der Waals surface area contributed by atoms with Crippen molar-refractivity contribution in [2.75, 3.05) is 0 Å². The lowest BCUT2D eigenvalue weighted by Crippen LogP contribution is -2.12. The molecule has 0 saturated heterocycles. The van der Waals surface area contributed by atoms with Crippen LogP contribution in [0.2, 0.25) is 0 Å². The average molecular weight is 328 g/mol. The van der Waals surface area contributed by atoms with E-state index in [2.05, 4.69) is 32.7 Å². The number of benzene rings is 1. The van der Waals surface area contributed by atoms with E-state index in [0.29, 0.717) is 11.1 Å². The first-order valence-corrected chi connectivity index (χ1v) is 7.43. The minimum Gasteiger partial charge on any atom is -0.308 e. The van der Waals surface area contributed by atoms with Crippen LogP contribution in [-0.2, 0) is 13.1 Å². The van der Waals surface area contributed by atoms with Gasteiger partial charge in [0.1, 0.15) is 5.82 Å². The summed E-state index contributed by atoms with van der Waals surface area (Å²) in [7, 11) is 0. The predicted octanol–water partition coefficient (Wildman–Crippen LogP) is 4.56. The van der Waals surface area contributed by atoms with E-state index in [0.717, 1.165) is 23.1 Å². The standard InChI is InChI=1S/C14H15BrFNS/c1-9-3-11(4-10(2)14(9)16)6-17-7-13-5-12(15)8-18-13/h3-5,8,17H,6-7H2,1-2H3. The van der Waals surface area contributed by atoms with E-state index >= 15 is 0 Å². The summed E-state index contributed by atoms with van der Waals surface area (Å²) in [5.74, 6) is -0.0964. The molecule has 0 spiro atoms. The molecule has 2 rings (SSSR count). The van der Waals surface area contributed by atoms with Gasteiger partial charge in [0.25, 0.3) is 0 Å². The van der Waals surface area contributed by atoms with Crippen molar-refractivity contribution in [3.05, 3.63) is 55.4 Å². The summed E-state index contributed by atoms with van der Waals surface area (Å²) in [5.41, 5.74) is 2.55. The second-order valence-corrected chi connectivity index (χ2v) is 6.29. The Morgan fingerprint density at radius 1 is 1.17 bits per heavy atom. The Kier molecular flexibility index (Phi) is 4.54. The van der Waals surface area contributed by atoms with Crippen molar-refractivity contribution in [3.8, 4) is 0 Å². The zero-order chi connectivity index (χ0) is 13.1. The van der Waals surface area contributed by atoms with E-state index in [1.165, 1.54) is 4.88 Å². The highest BCUT2D eigenvalue weighted by Crippen LogP contribution is 2.19. The molecule has 0 unspecified atom stereocenters. The van der Waals surface area contributed by atoms with Crippen LogP contribution in [0, 0.1) is 19.7 Å². The molecule has 0 saturated carbocycles. The second kappa shape index (κ2) is 5.95. The molecule has 0 amide bonds. The van der Waals surface area contributed by atoms with Crippen LogP contribution in [0.1, 0.15) is 21.6 Å². The van der Waals surface area contributed by atoms with Gasteiger partial charge in [-0.15, -0.1) is 11.3 Å². The fourth-order valence-corrected chi connectivity index (χ4v) is 3.33. The highest BCUT2D eigenvalue weighted by atomic mass is 79.9. The van der Waals surface area contributed by atoms with Crippen molar-refractivity contribution >= 4 is 27.3 Å². The van der Waals surface area contributed by atoms with Crippen LogP contribution in [0.25, 0.3) is 0 Å². The van der Waals surface area contributed by atoms with Gasteiger partial charge in [-0.05, 0) is 52.5 Å². The summed E-state index contributed by atoms with van der Waals surface area (Å²) in [4.78, 5) is 1.29. The Balaban J connectivity index is 1.94. The van der Waals surface area contributed by atoms with Gasteiger partial charge in [-0.2, -0.15) is 0 Å². The highest BCUT2D eigenvalue weighted by molar-refractivity contribution is 9.10. The van der Waals surface area contributed by atoms with E-state index in [4.69, 9.17) is 0 Å². The Morgan fingerprint density at radius 3 is 2.39 bits per heavy atom. The van der Waals surface area contributed by atoms with E-state index < -0.39 is 0 Å². The highest BCUT2D eigenvalue weighted by Gasteiger charge is 2.04.